The largest absolute Gasteiger partial charge is 0.467 e. The van der Waals surface area contributed by atoms with Crippen molar-refractivity contribution in [3.8, 4) is 0 Å². The summed E-state index contributed by atoms with van der Waals surface area (Å²) in [7, 11) is 5.27. The van der Waals surface area contributed by atoms with Gasteiger partial charge in [0.25, 0.3) is 0 Å². The molecule has 0 aromatic carbocycles. The Morgan fingerprint density at radius 3 is 2.29 bits per heavy atom. The minimum absolute atomic E-state index is 0.247. The summed E-state index contributed by atoms with van der Waals surface area (Å²) in [6, 6.07) is -0.280. The van der Waals surface area contributed by atoms with Crippen molar-refractivity contribution in [1.82, 2.24) is 15.5 Å². The van der Waals surface area contributed by atoms with Gasteiger partial charge in [-0.25, -0.2) is 4.79 Å². The Bertz CT molecular complexity index is 256. The van der Waals surface area contributed by atoms with Crippen molar-refractivity contribution in [3.05, 3.63) is 0 Å². The van der Waals surface area contributed by atoms with Crippen LogP contribution in [-0.4, -0.2) is 63.2 Å². The number of carbonyl (C=O) groups is 2. The van der Waals surface area contributed by atoms with Crippen molar-refractivity contribution in [2.45, 2.75) is 25.9 Å². The van der Waals surface area contributed by atoms with E-state index < -0.39 is 12.0 Å². The molecule has 100 valence electrons. The number of methoxy groups -OCH3 is 1. The van der Waals surface area contributed by atoms with Crippen molar-refractivity contribution in [3.63, 3.8) is 0 Å². The topological polar surface area (TPSA) is 70.7 Å². The van der Waals surface area contributed by atoms with Crippen LogP contribution in [0.1, 0.15) is 13.8 Å². The second-order valence-corrected chi connectivity index (χ2v) is 4.25. The number of nitrogens with one attached hydrogen (secondary N) is 2. The van der Waals surface area contributed by atoms with E-state index >= 15 is 0 Å². The Morgan fingerprint density at radius 2 is 1.88 bits per heavy atom. The smallest absolute Gasteiger partial charge is 0.329 e. The van der Waals surface area contributed by atoms with Crippen molar-refractivity contribution < 1.29 is 14.3 Å². The zero-order chi connectivity index (χ0) is 13.4. The highest BCUT2D eigenvalue weighted by molar-refractivity contribution is 5.83. The van der Waals surface area contributed by atoms with Crippen molar-refractivity contribution in [1.29, 1.82) is 0 Å². The van der Waals surface area contributed by atoms with Gasteiger partial charge in [-0.1, -0.05) is 0 Å². The molecular formula is C11H23N3O3. The molecule has 0 bridgehead atoms. The van der Waals surface area contributed by atoms with E-state index in [-0.39, 0.29) is 5.91 Å². The van der Waals surface area contributed by atoms with Gasteiger partial charge in [-0.05, 0) is 21.0 Å². The number of hydrogen-bond donors (Lipinski definition) is 2. The second-order valence-electron chi connectivity index (χ2n) is 4.25. The third-order valence-electron chi connectivity index (χ3n) is 2.53. The normalized spacial score (nSPS) is 14.2. The van der Waals surface area contributed by atoms with Crippen LogP contribution >= 0.6 is 0 Å². The molecule has 0 saturated carbocycles. The van der Waals surface area contributed by atoms with Gasteiger partial charge in [0, 0.05) is 26.1 Å². The fourth-order valence-corrected chi connectivity index (χ4v) is 1.20. The summed E-state index contributed by atoms with van der Waals surface area (Å²) in [6.07, 6.45) is 0. The molecule has 17 heavy (non-hydrogen) atoms. The van der Waals surface area contributed by atoms with Gasteiger partial charge >= 0.3 is 5.97 Å². The van der Waals surface area contributed by atoms with Crippen LogP contribution in [0.4, 0.5) is 0 Å². The van der Waals surface area contributed by atoms with Crippen LogP contribution < -0.4 is 10.6 Å². The lowest BCUT2D eigenvalue weighted by molar-refractivity contribution is -0.144. The summed E-state index contributed by atoms with van der Waals surface area (Å²) in [5, 5.41) is 5.67. The van der Waals surface area contributed by atoms with Crippen LogP contribution in [0.2, 0.25) is 0 Å². The molecule has 0 saturated heterocycles. The van der Waals surface area contributed by atoms with Crippen molar-refractivity contribution >= 4 is 11.9 Å². The third kappa shape index (κ3) is 6.91. The molecule has 0 aromatic rings. The molecule has 0 fully saturated rings. The highest BCUT2D eigenvalue weighted by atomic mass is 16.5. The fourth-order valence-electron chi connectivity index (χ4n) is 1.20. The maximum absolute atomic E-state index is 11.4. The fraction of sp³-hybridized carbons (Fsp3) is 0.818. The van der Waals surface area contributed by atoms with E-state index in [4.69, 9.17) is 0 Å². The highest BCUT2D eigenvalue weighted by Gasteiger charge is 2.19. The average Bonchev–Trinajstić information content (AvgIpc) is 2.25. The number of nitrogens with zero attached hydrogens (tertiary/aromatic N) is 1. The first kappa shape index (κ1) is 15.9. The van der Waals surface area contributed by atoms with Crippen LogP contribution in [0.15, 0.2) is 0 Å². The quantitative estimate of drug-likeness (QED) is 0.575. The molecule has 2 unspecified atom stereocenters. The molecule has 0 heterocycles. The Labute approximate surface area is 103 Å². The standard InChI is InChI=1S/C11H23N3O3/c1-8(14(3)4)6-12-7-10(11(16)17-5)13-9(2)15/h8,10,12H,6-7H2,1-5H3,(H,13,15). The van der Waals surface area contributed by atoms with E-state index in [2.05, 4.69) is 27.2 Å². The van der Waals surface area contributed by atoms with Gasteiger partial charge in [0.15, 0.2) is 0 Å². The Balaban J connectivity index is 4.08. The number of esters is 1. The SMILES string of the molecule is COC(=O)C(CNCC(C)N(C)C)NC(C)=O. The summed E-state index contributed by atoms with van der Waals surface area (Å²) in [4.78, 5) is 24.4. The van der Waals surface area contributed by atoms with E-state index in [1.54, 1.807) is 0 Å². The zero-order valence-corrected chi connectivity index (χ0v) is 11.2. The van der Waals surface area contributed by atoms with Crippen molar-refractivity contribution in [2.24, 2.45) is 0 Å². The van der Waals surface area contributed by atoms with Crippen LogP contribution in [0.5, 0.6) is 0 Å². The lowest BCUT2D eigenvalue weighted by atomic mass is 10.2. The minimum Gasteiger partial charge on any atom is -0.467 e. The van der Waals surface area contributed by atoms with Gasteiger partial charge in [0.1, 0.15) is 6.04 Å². The highest BCUT2D eigenvalue weighted by Crippen LogP contribution is 1.91. The van der Waals surface area contributed by atoms with Crippen LogP contribution in [-0.2, 0) is 14.3 Å². The lowest BCUT2D eigenvalue weighted by Gasteiger charge is -2.22. The Morgan fingerprint density at radius 1 is 1.29 bits per heavy atom. The molecule has 6 nitrogen and oxygen atoms in total. The van der Waals surface area contributed by atoms with E-state index in [0.29, 0.717) is 12.6 Å². The first-order valence-corrected chi connectivity index (χ1v) is 5.60. The number of amides is 1. The molecule has 6 heteroatoms. The average molecular weight is 245 g/mol. The maximum atomic E-state index is 11.4. The van der Waals surface area contributed by atoms with Gasteiger partial charge in [0.05, 0.1) is 7.11 Å². The number of likely N-dealkylation sites (N-methyl/N-ethyl adjacent to an activating group) is 1. The first-order chi connectivity index (χ1) is 7.88. The van der Waals surface area contributed by atoms with E-state index in [9.17, 15) is 9.59 Å². The Hall–Kier alpha value is -1.14. The monoisotopic (exact) mass is 245 g/mol. The molecule has 2 N–H and O–H groups in total. The maximum Gasteiger partial charge on any atom is 0.329 e. The molecule has 2 atom stereocenters. The summed E-state index contributed by atoms with van der Waals surface area (Å²) < 4.78 is 4.61. The molecule has 0 aromatic heterocycles. The van der Waals surface area contributed by atoms with Gasteiger partial charge in [-0.2, -0.15) is 0 Å². The first-order valence-electron chi connectivity index (χ1n) is 5.60. The lowest BCUT2D eigenvalue weighted by Crippen LogP contribution is -2.49. The summed E-state index contributed by atoms with van der Waals surface area (Å²) >= 11 is 0. The number of ether oxygens (including phenoxy) is 1. The van der Waals surface area contributed by atoms with Gasteiger partial charge in [-0.15, -0.1) is 0 Å². The molecule has 0 spiro atoms. The summed E-state index contributed by atoms with van der Waals surface area (Å²) in [6.45, 7) is 4.54. The van der Waals surface area contributed by atoms with Gasteiger partial charge < -0.3 is 20.3 Å². The number of rotatable bonds is 7. The van der Waals surface area contributed by atoms with Gasteiger partial charge in [0.2, 0.25) is 5.91 Å². The molecule has 0 aliphatic rings. The van der Waals surface area contributed by atoms with Gasteiger partial charge in [-0.3, -0.25) is 4.79 Å². The minimum atomic E-state index is -0.633. The van der Waals surface area contributed by atoms with Crippen molar-refractivity contribution in [2.75, 3.05) is 34.3 Å². The van der Waals surface area contributed by atoms with E-state index in [1.165, 1.54) is 14.0 Å². The predicted octanol–water partition coefficient (Wildman–Crippen LogP) is -0.796. The molecule has 0 aliphatic carbocycles. The van der Waals surface area contributed by atoms with E-state index in [1.807, 2.05) is 14.1 Å². The summed E-state index contributed by atoms with van der Waals surface area (Å²) in [5.74, 6) is -0.687. The molecule has 0 radical (unpaired) electrons. The summed E-state index contributed by atoms with van der Waals surface area (Å²) in [5.41, 5.74) is 0. The molecular weight excluding hydrogens is 222 g/mol. The predicted molar refractivity (Wildman–Crippen MR) is 65.6 cm³/mol. The molecule has 0 aliphatic heterocycles. The second kappa shape index (κ2) is 8.03. The molecule has 0 rings (SSSR count). The van der Waals surface area contributed by atoms with Crippen LogP contribution in [0.3, 0.4) is 0 Å². The van der Waals surface area contributed by atoms with Crippen LogP contribution in [0.25, 0.3) is 0 Å². The molecule has 1 amide bonds. The third-order valence-corrected chi connectivity index (χ3v) is 2.53. The van der Waals surface area contributed by atoms with Crippen LogP contribution in [0, 0.1) is 0 Å². The number of carbonyl (C=O) groups excluding carboxylic acids is 2. The van der Waals surface area contributed by atoms with E-state index in [0.717, 1.165) is 6.54 Å². The Kier molecular flexibility index (Phi) is 7.49. The zero-order valence-electron chi connectivity index (χ0n) is 11.2. The number of hydrogen-bond acceptors (Lipinski definition) is 5.